The molecule has 1 aliphatic rings. The second-order valence-electron chi connectivity index (χ2n) is 1.61. The molecule has 2 heteroatoms. The number of hydrogen-bond donors (Lipinski definition) is 1. The predicted octanol–water partition coefficient (Wildman–Crippen LogP) is 1.56. The van der Waals surface area contributed by atoms with Crippen LogP contribution in [0.4, 0.5) is 0 Å². The van der Waals surface area contributed by atoms with Crippen molar-refractivity contribution in [1.29, 1.82) is 5.41 Å². The maximum absolute atomic E-state index is 6.93. The smallest absolute Gasteiger partial charge is 0.0249 e. The van der Waals surface area contributed by atoms with Crippen LogP contribution < -0.4 is 0 Å². The van der Waals surface area contributed by atoms with Crippen LogP contribution in [-0.4, -0.2) is 10.5 Å². The molecule has 0 heterocycles. The molecule has 0 radical (unpaired) electrons. The molecule has 0 amide bonds. The van der Waals surface area contributed by atoms with Crippen LogP contribution in [-0.2, 0) is 0 Å². The van der Waals surface area contributed by atoms with E-state index >= 15 is 0 Å². The molecule has 0 unspecified atom stereocenters. The van der Waals surface area contributed by atoms with E-state index in [9.17, 15) is 0 Å². The highest BCUT2D eigenvalue weighted by molar-refractivity contribution is 9.09. The van der Waals surface area contributed by atoms with Gasteiger partial charge in [-0.1, -0.05) is 15.9 Å². The van der Waals surface area contributed by atoms with E-state index in [1.807, 2.05) is 0 Å². The van der Waals surface area contributed by atoms with Gasteiger partial charge in [-0.05, 0) is 12.8 Å². The van der Waals surface area contributed by atoms with Crippen molar-refractivity contribution in [3.05, 3.63) is 0 Å². The molecule has 0 saturated heterocycles. The summed E-state index contributed by atoms with van der Waals surface area (Å²) in [4.78, 5) is 0.630. The topological polar surface area (TPSA) is 23.9 Å². The van der Waals surface area contributed by atoms with Crippen molar-refractivity contribution in [1.82, 2.24) is 0 Å². The van der Waals surface area contributed by atoms with Crippen LogP contribution in [0.1, 0.15) is 12.8 Å². The first kappa shape index (κ1) is 4.31. The minimum atomic E-state index is 0.630. The van der Waals surface area contributed by atoms with Gasteiger partial charge in [0.1, 0.15) is 0 Å². The fourth-order valence-electron chi connectivity index (χ4n) is 0.475. The standard InChI is InChI=1S/C4H6BrN/c5-3-1-4(6)2-3/h3,6H,1-2H2. The monoisotopic (exact) mass is 147 g/mol. The van der Waals surface area contributed by atoms with Gasteiger partial charge >= 0.3 is 0 Å². The average molecular weight is 148 g/mol. The van der Waals surface area contributed by atoms with Crippen molar-refractivity contribution in [3.8, 4) is 0 Å². The number of nitrogens with one attached hydrogen (secondary N) is 1. The first-order valence-corrected chi connectivity index (χ1v) is 2.91. The summed E-state index contributed by atoms with van der Waals surface area (Å²) in [6, 6.07) is 0. The molecule has 0 aromatic carbocycles. The quantitative estimate of drug-likeness (QED) is 0.504. The first-order valence-electron chi connectivity index (χ1n) is 1.99. The highest BCUT2D eigenvalue weighted by atomic mass is 79.9. The molecule has 1 rings (SSSR count). The van der Waals surface area contributed by atoms with Crippen LogP contribution in [0.25, 0.3) is 0 Å². The molecule has 1 nitrogen and oxygen atoms in total. The molecule has 1 saturated carbocycles. The Morgan fingerprint density at radius 3 is 2.17 bits per heavy atom. The van der Waals surface area contributed by atoms with E-state index < -0.39 is 0 Å². The second-order valence-corrected chi connectivity index (χ2v) is 2.90. The summed E-state index contributed by atoms with van der Waals surface area (Å²) >= 11 is 3.36. The third kappa shape index (κ3) is 0.620. The summed E-state index contributed by atoms with van der Waals surface area (Å²) in [5, 5.41) is 6.93. The molecule has 0 aromatic heterocycles. The Kier molecular flexibility index (Phi) is 0.960. The summed E-state index contributed by atoms with van der Waals surface area (Å²) in [5.74, 6) is 0. The summed E-state index contributed by atoms with van der Waals surface area (Å²) < 4.78 is 0. The normalized spacial score (nSPS) is 32.8. The average Bonchev–Trinajstić information content (AvgIpc) is 1.33. The van der Waals surface area contributed by atoms with Crippen LogP contribution >= 0.6 is 15.9 Å². The third-order valence-corrected chi connectivity index (χ3v) is 1.58. The van der Waals surface area contributed by atoms with Crippen molar-refractivity contribution in [2.45, 2.75) is 17.7 Å². The van der Waals surface area contributed by atoms with Crippen LogP contribution in [0.15, 0.2) is 0 Å². The van der Waals surface area contributed by atoms with Crippen LogP contribution in [0.2, 0.25) is 0 Å². The Morgan fingerprint density at radius 1 is 1.67 bits per heavy atom. The van der Waals surface area contributed by atoms with Gasteiger partial charge in [-0.15, -0.1) is 0 Å². The SMILES string of the molecule is N=C1CC(Br)C1. The third-order valence-electron chi connectivity index (χ3n) is 0.936. The lowest BCUT2D eigenvalue weighted by atomic mass is 9.98. The van der Waals surface area contributed by atoms with Gasteiger partial charge < -0.3 is 5.41 Å². The zero-order valence-corrected chi connectivity index (χ0v) is 4.96. The van der Waals surface area contributed by atoms with Crippen molar-refractivity contribution in [2.24, 2.45) is 0 Å². The molecule has 0 aliphatic heterocycles. The Morgan fingerprint density at radius 2 is 2.17 bits per heavy atom. The van der Waals surface area contributed by atoms with Gasteiger partial charge in [0.05, 0.1) is 0 Å². The van der Waals surface area contributed by atoms with E-state index in [4.69, 9.17) is 5.41 Å². The molecule has 1 fully saturated rings. The van der Waals surface area contributed by atoms with E-state index in [2.05, 4.69) is 15.9 Å². The molecule has 1 aliphatic carbocycles. The summed E-state index contributed by atoms with van der Waals surface area (Å²) in [6.07, 6.45) is 1.94. The van der Waals surface area contributed by atoms with Crippen molar-refractivity contribution < 1.29 is 0 Å². The van der Waals surface area contributed by atoms with Gasteiger partial charge in [0, 0.05) is 10.5 Å². The lowest BCUT2D eigenvalue weighted by Gasteiger charge is -2.19. The predicted molar refractivity (Wildman–Crippen MR) is 29.7 cm³/mol. The molecule has 0 aromatic rings. The van der Waals surface area contributed by atoms with Gasteiger partial charge in [0.2, 0.25) is 0 Å². The molecule has 0 bridgehead atoms. The second kappa shape index (κ2) is 1.34. The Labute approximate surface area is 45.4 Å². The highest BCUT2D eigenvalue weighted by Gasteiger charge is 2.18. The zero-order chi connectivity index (χ0) is 4.57. The maximum atomic E-state index is 6.93. The molecule has 6 heavy (non-hydrogen) atoms. The van der Waals surface area contributed by atoms with Gasteiger partial charge in [0.25, 0.3) is 0 Å². The Hall–Kier alpha value is 0.150. The molecular weight excluding hydrogens is 142 g/mol. The molecular formula is C4H6BrN. The largest absolute Gasteiger partial charge is 0.310 e. The maximum Gasteiger partial charge on any atom is 0.0249 e. The molecule has 0 spiro atoms. The van der Waals surface area contributed by atoms with Crippen molar-refractivity contribution >= 4 is 21.6 Å². The number of rotatable bonds is 0. The van der Waals surface area contributed by atoms with Gasteiger partial charge in [0.15, 0.2) is 0 Å². The lowest BCUT2D eigenvalue weighted by Crippen LogP contribution is -2.21. The van der Waals surface area contributed by atoms with Crippen molar-refractivity contribution in [3.63, 3.8) is 0 Å². The minimum Gasteiger partial charge on any atom is -0.310 e. The van der Waals surface area contributed by atoms with Gasteiger partial charge in [-0.3, -0.25) is 0 Å². The summed E-state index contributed by atoms with van der Waals surface area (Å²) in [6.45, 7) is 0. The van der Waals surface area contributed by atoms with Crippen LogP contribution in [0.5, 0.6) is 0 Å². The summed E-state index contributed by atoms with van der Waals surface area (Å²) in [5.41, 5.74) is 0.886. The van der Waals surface area contributed by atoms with Crippen LogP contribution in [0.3, 0.4) is 0 Å². The minimum absolute atomic E-state index is 0.630. The zero-order valence-electron chi connectivity index (χ0n) is 3.37. The Bertz CT molecular complexity index is 71.6. The number of halogens is 1. The Balaban J connectivity index is 2.28. The molecule has 1 N–H and O–H groups in total. The van der Waals surface area contributed by atoms with E-state index in [1.54, 1.807) is 0 Å². The fraction of sp³-hybridized carbons (Fsp3) is 0.750. The lowest BCUT2D eigenvalue weighted by molar-refractivity contribution is 0.830. The number of hydrogen-bond acceptors (Lipinski definition) is 1. The van der Waals surface area contributed by atoms with Crippen molar-refractivity contribution in [2.75, 3.05) is 0 Å². The highest BCUT2D eigenvalue weighted by Crippen LogP contribution is 2.22. The number of alkyl halides is 1. The van der Waals surface area contributed by atoms with E-state index in [-0.39, 0.29) is 0 Å². The van der Waals surface area contributed by atoms with E-state index in [1.165, 1.54) is 0 Å². The van der Waals surface area contributed by atoms with E-state index in [0.29, 0.717) is 4.83 Å². The fourth-order valence-corrected chi connectivity index (χ4v) is 1.26. The summed E-state index contributed by atoms with van der Waals surface area (Å²) in [7, 11) is 0. The molecule has 34 valence electrons. The van der Waals surface area contributed by atoms with Gasteiger partial charge in [-0.25, -0.2) is 0 Å². The van der Waals surface area contributed by atoms with Gasteiger partial charge in [-0.2, -0.15) is 0 Å². The van der Waals surface area contributed by atoms with E-state index in [0.717, 1.165) is 18.6 Å². The first-order chi connectivity index (χ1) is 2.79. The van der Waals surface area contributed by atoms with Crippen LogP contribution in [0, 0.1) is 5.41 Å². The molecule has 0 atom stereocenters.